The molecular formula is C19H24N2O. The van der Waals surface area contributed by atoms with Crippen molar-refractivity contribution in [2.75, 3.05) is 13.1 Å². The molecular weight excluding hydrogens is 272 g/mol. The summed E-state index contributed by atoms with van der Waals surface area (Å²) in [6, 6.07) is 20.6. The number of amides is 1. The Balaban J connectivity index is 1.49. The van der Waals surface area contributed by atoms with Gasteiger partial charge in [0.1, 0.15) is 0 Å². The van der Waals surface area contributed by atoms with Gasteiger partial charge < -0.3 is 10.6 Å². The second-order valence-electron chi connectivity index (χ2n) is 5.35. The van der Waals surface area contributed by atoms with Gasteiger partial charge in [-0.3, -0.25) is 4.79 Å². The van der Waals surface area contributed by atoms with Crippen LogP contribution in [0.5, 0.6) is 0 Å². The second kappa shape index (κ2) is 9.74. The number of benzene rings is 2. The molecule has 22 heavy (non-hydrogen) atoms. The van der Waals surface area contributed by atoms with Crippen LogP contribution >= 0.6 is 0 Å². The molecule has 0 unspecified atom stereocenters. The molecule has 3 heteroatoms. The highest BCUT2D eigenvalue weighted by Gasteiger charge is 2.00. The smallest absolute Gasteiger partial charge is 0.221 e. The molecule has 0 spiro atoms. The minimum absolute atomic E-state index is 0.119. The fourth-order valence-electron chi connectivity index (χ4n) is 2.28. The topological polar surface area (TPSA) is 41.1 Å². The third-order valence-electron chi connectivity index (χ3n) is 3.51. The lowest BCUT2D eigenvalue weighted by atomic mass is 10.1. The number of carbonyl (C=O) groups is 1. The van der Waals surface area contributed by atoms with Crippen molar-refractivity contribution < 1.29 is 4.79 Å². The summed E-state index contributed by atoms with van der Waals surface area (Å²) in [5.41, 5.74) is 2.56. The average molecular weight is 296 g/mol. The highest BCUT2D eigenvalue weighted by Crippen LogP contribution is 2.01. The molecule has 0 aliphatic rings. The molecule has 3 nitrogen and oxygen atoms in total. The Bertz CT molecular complexity index is 490. The maximum absolute atomic E-state index is 11.7. The summed E-state index contributed by atoms with van der Waals surface area (Å²) in [7, 11) is 0. The van der Waals surface area contributed by atoms with Gasteiger partial charge in [0.05, 0.1) is 0 Å². The van der Waals surface area contributed by atoms with Crippen LogP contribution in [-0.4, -0.2) is 19.0 Å². The van der Waals surface area contributed by atoms with Crippen molar-refractivity contribution >= 4 is 5.91 Å². The lowest BCUT2D eigenvalue weighted by Crippen LogP contribution is -2.28. The first-order chi connectivity index (χ1) is 10.8. The molecule has 2 aromatic carbocycles. The molecule has 0 saturated heterocycles. The summed E-state index contributed by atoms with van der Waals surface area (Å²) in [6.45, 7) is 2.26. The zero-order valence-electron chi connectivity index (χ0n) is 12.9. The Morgan fingerprint density at radius 3 is 2.14 bits per heavy atom. The zero-order valence-corrected chi connectivity index (χ0v) is 12.9. The molecule has 0 saturated carbocycles. The second-order valence-corrected chi connectivity index (χ2v) is 5.35. The van der Waals surface area contributed by atoms with Crippen LogP contribution in [0.1, 0.15) is 24.0 Å². The first-order valence-corrected chi connectivity index (χ1v) is 7.90. The van der Waals surface area contributed by atoms with Crippen molar-refractivity contribution in [3.05, 3.63) is 71.8 Å². The van der Waals surface area contributed by atoms with E-state index in [1.807, 2.05) is 36.4 Å². The van der Waals surface area contributed by atoms with Crippen LogP contribution in [-0.2, 0) is 17.8 Å². The predicted octanol–water partition coefficient (Wildman–Crippen LogP) is 2.92. The van der Waals surface area contributed by atoms with Crippen LogP contribution in [0, 0.1) is 0 Å². The highest BCUT2D eigenvalue weighted by molar-refractivity contribution is 5.75. The van der Waals surface area contributed by atoms with Crippen LogP contribution in [0.15, 0.2) is 60.7 Å². The maximum Gasteiger partial charge on any atom is 0.221 e. The van der Waals surface area contributed by atoms with Crippen molar-refractivity contribution in [1.82, 2.24) is 10.6 Å². The van der Waals surface area contributed by atoms with Gasteiger partial charge in [-0.25, -0.2) is 0 Å². The van der Waals surface area contributed by atoms with Gasteiger partial charge in [-0.2, -0.15) is 0 Å². The summed E-state index contributed by atoms with van der Waals surface area (Å²) in [6.07, 6.45) is 2.51. The van der Waals surface area contributed by atoms with E-state index < -0.39 is 0 Å². The predicted molar refractivity (Wildman–Crippen MR) is 90.5 cm³/mol. The van der Waals surface area contributed by atoms with E-state index in [0.29, 0.717) is 13.0 Å². The maximum atomic E-state index is 11.7. The number of carbonyl (C=O) groups excluding carboxylic acids is 1. The SMILES string of the molecule is O=C(CCNCc1ccccc1)NCCCc1ccccc1. The first-order valence-electron chi connectivity index (χ1n) is 7.90. The van der Waals surface area contributed by atoms with Crippen LogP contribution in [0.3, 0.4) is 0 Å². The first kappa shape index (κ1) is 16.2. The third kappa shape index (κ3) is 6.55. The van der Waals surface area contributed by atoms with Gasteiger partial charge in [0.15, 0.2) is 0 Å². The van der Waals surface area contributed by atoms with Crippen LogP contribution < -0.4 is 10.6 Å². The fourth-order valence-corrected chi connectivity index (χ4v) is 2.28. The lowest BCUT2D eigenvalue weighted by Gasteiger charge is -2.07. The molecule has 2 N–H and O–H groups in total. The van der Waals surface area contributed by atoms with Gasteiger partial charge in [0, 0.05) is 26.1 Å². The number of hydrogen-bond donors (Lipinski definition) is 2. The van der Waals surface area contributed by atoms with Crippen molar-refractivity contribution in [3.8, 4) is 0 Å². The summed E-state index contributed by atoms with van der Waals surface area (Å²) in [4.78, 5) is 11.7. The Labute approximate surface area is 132 Å². The van der Waals surface area contributed by atoms with Crippen molar-refractivity contribution in [2.24, 2.45) is 0 Å². The van der Waals surface area contributed by atoms with Crippen LogP contribution in [0.4, 0.5) is 0 Å². The minimum Gasteiger partial charge on any atom is -0.356 e. The number of hydrogen-bond acceptors (Lipinski definition) is 2. The Morgan fingerprint density at radius 2 is 1.45 bits per heavy atom. The Kier molecular flexibility index (Phi) is 7.19. The van der Waals surface area contributed by atoms with Crippen molar-refractivity contribution in [1.29, 1.82) is 0 Å². The molecule has 0 heterocycles. The van der Waals surface area contributed by atoms with Gasteiger partial charge in [-0.15, -0.1) is 0 Å². The van der Waals surface area contributed by atoms with E-state index in [-0.39, 0.29) is 5.91 Å². The van der Waals surface area contributed by atoms with E-state index in [4.69, 9.17) is 0 Å². The molecule has 2 rings (SSSR count). The standard InChI is InChI=1S/C19H24N2O/c22-19(13-15-20-16-18-10-5-2-6-11-18)21-14-7-12-17-8-3-1-4-9-17/h1-6,8-11,20H,7,12-16H2,(H,21,22). The molecule has 0 aliphatic heterocycles. The van der Waals surface area contributed by atoms with Gasteiger partial charge in [0.25, 0.3) is 0 Å². The van der Waals surface area contributed by atoms with E-state index in [2.05, 4.69) is 34.9 Å². The fraction of sp³-hybridized carbons (Fsp3) is 0.316. The van der Waals surface area contributed by atoms with Gasteiger partial charge >= 0.3 is 0 Å². The minimum atomic E-state index is 0.119. The summed E-state index contributed by atoms with van der Waals surface area (Å²) < 4.78 is 0. The zero-order chi connectivity index (χ0) is 15.5. The largest absolute Gasteiger partial charge is 0.356 e. The van der Waals surface area contributed by atoms with E-state index in [9.17, 15) is 4.79 Å². The van der Waals surface area contributed by atoms with Gasteiger partial charge in [-0.05, 0) is 24.0 Å². The number of rotatable bonds is 9. The van der Waals surface area contributed by atoms with E-state index in [1.54, 1.807) is 0 Å². The molecule has 0 bridgehead atoms. The molecule has 0 atom stereocenters. The van der Waals surface area contributed by atoms with Crippen LogP contribution in [0.25, 0.3) is 0 Å². The molecule has 0 aromatic heterocycles. The van der Waals surface area contributed by atoms with Crippen LogP contribution in [0.2, 0.25) is 0 Å². The molecule has 2 aromatic rings. The third-order valence-corrected chi connectivity index (χ3v) is 3.51. The normalized spacial score (nSPS) is 10.4. The molecule has 116 valence electrons. The van der Waals surface area contributed by atoms with E-state index >= 15 is 0 Å². The monoisotopic (exact) mass is 296 g/mol. The number of nitrogens with one attached hydrogen (secondary N) is 2. The molecule has 0 radical (unpaired) electrons. The summed E-state index contributed by atoms with van der Waals surface area (Å²) in [5, 5.41) is 6.26. The number of aryl methyl sites for hydroxylation is 1. The van der Waals surface area contributed by atoms with Gasteiger partial charge in [0.2, 0.25) is 5.91 Å². The summed E-state index contributed by atoms with van der Waals surface area (Å²) >= 11 is 0. The Hall–Kier alpha value is -2.13. The van der Waals surface area contributed by atoms with E-state index in [0.717, 1.165) is 25.9 Å². The molecule has 1 amide bonds. The van der Waals surface area contributed by atoms with Crippen molar-refractivity contribution in [3.63, 3.8) is 0 Å². The van der Waals surface area contributed by atoms with Gasteiger partial charge in [-0.1, -0.05) is 60.7 Å². The average Bonchev–Trinajstić information content (AvgIpc) is 2.57. The van der Waals surface area contributed by atoms with E-state index in [1.165, 1.54) is 11.1 Å². The lowest BCUT2D eigenvalue weighted by molar-refractivity contribution is -0.121. The molecule has 0 fully saturated rings. The Morgan fingerprint density at radius 1 is 0.818 bits per heavy atom. The van der Waals surface area contributed by atoms with Crippen molar-refractivity contribution in [2.45, 2.75) is 25.8 Å². The summed E-state index contributed by atoms with van der Waals surface area (Å²) in [5.74, 6) is 0.119. The molecule has 0 aliphatic carbocycles. The highest BCUT2D eigenvalue weighted by atomic mass is 16.1. The quantitative estimate of drug-likeness (QED) is 0.699.